The molecule has 0 fully saturated rings. The molecule has 3 aromatic carbocycles. The van der Waals surface area contributed by atoms with E-state index in [4.69, 9.17) is 28.4 Å². The van der Waals surface area contributed by atoms with E-state index in [0.717, 1.165) is 11.1 Å². The SMILES string of the molecule is CCC(=O)OCCOCCOCCOc1ccc(C(=O)Oc2ccc(-c3ccc(C(=O)OC)cc3)cc2)cc1. The molecule has 0 aliphatic heterocycles. The van der Waals surface area contributed by atoms with Crippen LogP contribution in [0.25, 0.3) is 11.1 Å². The third-order valence-corrected chi connectivity index (χ3v) is 5.44. The van der Waals surface area contributed by atoms with Gasteiger partial charge in [-0.05, 0) is 59.7 Å². The molecule has 0 heterocycles. The van der Waals surface area contributed by atoms with Gasteiger partial charge in [0.05, 0.1) is 44.7 Å². The summed E-state index contributed by atoms with van der Waals surface area (Å²) in [5.41, 5.74) is 2.70. The van der Waals surface area contributed by atoms with Crippen molar-refractivity contribution in [2.45, 2.75) is 13.3 Å². The van der Waals surface area contributed by atoms with Crippen molar-refractivity contribution >= 4 is 17.9 Å². The van der Waals surface area contributed by atoms with Gasteiger partial charge in [0.15, 0.2) is 0 Å². The first kappa shape index (κ1) is 29.3. The summed E-state index contributed by atoms with van der Waals surface area (Å²) in [5, 5.41) is 0. The number of hydrogen-bond donors (Lipinski definition) is 0. The first-order valence-electron chi connectivity index (χ1n) is 12.5. The van der Waals surface area contributed by atoms with Gasteiger partial charge in [-0.2, -0.15) is 0 Å². The molecule has 39 heavy (non-hydrogen) atoms. The summed E-state index contributed by atoms with van der Waals surface area (Å²) in [6.07, 6.45) is 0.351. The Kier molecular flexibility index (Phi) is 12.0. The number of carbonyl (C=O) groups is 3. The number of rotatable bonds is 15. The van der Waals surface area contributed by atoms with Gasteiger partial charge in [0.1, 0.15) is 24.7 Å². The molecular formula is C30H32O9. The quantitative estimate of drug-likeness (QED) is 0.155. The molecule has 0 amide bonds. The summed E-state index contributed by atoms with van der Waals surface area (Å²) in [6, 6.07) is 20.8. The molecule has 0 aromatic heterocycles. The van der Waals surface area contributed by atoms with E-state index in [1.165, 1.54) is 7.11 Å². The zero-order valence-electron chi connectivity index (χ0n) is 22.1. The predicted octanol–water partition coefficient (Wildman–Crippen LogP) is 4.72. The van der Waals surface area contributed by atoms with Crippen molar-refractivity contribution in [1.82, 2.24) is 0 Å². The molecule has 206 valence electrons. The van der Waals surface area contributed by atoms with Crippen molar-refractivity contribution in [3.8, 4) is 22.6 Å². The summed E-state index contributed by atoms with van der Waals surface area (Å²) in [7, 11) is 1.34. The van der Waals surface area contributed by atoms with Gasteiger partial charge >= 0.3 is 17.9 Å². The fraction of sp³-hybridized carbons (Fsp3) is 0.300. The van der Waals surface area contributed by atoms with Crippen molar-refractivity contribution in [3.63, 3.8) is 0 Å². The Balaban J connectivity index is 1.35. The fourth-order valence-electron chi connectivity index (χ4n) is 3.34. The van der Waals surface area contributed by atoms with Gasteiger partial charge in [0.2, 0.25) is 0 Å². The maximum atomic E-state index is 12.5. The Bertz CT molecular complexity index is 1190. The lowest BCUT2D eigenvalue weighted by Crippen LogP contribution is -2.14. The molecule has 3 rings (SSSR count). The Morgan fingerprint density at radius 1 is 0.590 bits per heavy atom. The van der Waals surface area contributed by atoms with Crippen LogP contribution >= 0.6 is 0 Å². The highest BCUT2D eigenvalue weighted by Crippen LogP contribution is 2.24. The van der Waals surface area contributed by atoms with Crippen molar-refractivity contribution in [2.75, 3.05) is 46.8 Å². The van der Waals surface area contributed by atoms with Crippen molar-refractivity contribution < 1.29 is 42.8 Å². The average Bonchev–Trinajstić information content (AvgIpc) is 2.98. The van der Waals surface area contributed by atoms with E-state index in [-0.39, 0.29) is 18.5 Å². The van der Waals surface area contributed by atoms with E-state index < -0.39 is 5.97 Å². The van der Waals surface area contributed by atoms with Crippen LogP contribution in [0, 0.1) is 0 Å². The van der Waals surface area contributed by atoms with E-state index in [1.54, 1.807) is 55.5 Å². The summed E-state index contributed by atoms with van der Waals surface area (Å²) >= 11 is 0. The highest BCUT2D eigenvalue weighted by atomic mass is 16.6. The Labute approximate surface area is 227 Å². The highest BCUT2D eigenvalue weighted by molar-refractivity contribution is 5.91. The van der Waals surface area contributed by atoms with Crippen LogP contribution in [0.1, 0.15) is 34.1 Å². The zero-order valence-corrected chi connectivity index (χ0v) is 22.1. The minimum atomic E-state index is -0.482. The van der Waals surface area contributed by atoms with E-state index in [9.17, 15) is 14.4 Å². The van der Waals surface area contributed by atoms with Crippen LogP contribution in [0.15, 0.2) is 72.8 Å². The topological polar surface area (TPSA) is 107 Å². The van der Waals surface area contributed by atoms with Crippen molar-refractivity contribution in [1.29, 1.82) is 0 Å². The lowest BCUT2D eigenvalue weighted by atomic mass is 10.0. The molecule has 0 aliphatic rings. The van der Waals surface area contributed by atoms with Gasteiger partial charge in [-0.1, -0.05) is 31.2 Å². The monoisotopic (exact) mass is 536 g/mol. The lowest BCUT2D eigenvalue weighted by molar-refractivity contribution is -0.144. The van der Waals surface area contributed by atoms with Crippen LogP contribution in [0.2, 0.25) is 0 Å². The van der Waals surface area contributed by atoms with Crippen LogP contribution in [0.4, 0.5) is 0 Å². The van der Waals surface area contributed by atoms with Crippen LogP contribution in [-0.4, -0.2) is 64.7 Å². The van der Waals surface area contributed by atoms with Crippen LogP contribution in [0.3, 0.4) is 0 Å². The van der Waals surface area contributed by atoms with E-state index in [1.807, 2.05) is 24.3 Å². The van der Waals surface area contributed by atoms with Gasteiger partial charge in [-0.25, -0.2) is 9.59 Å². The van der Waals surface area contributed by atoms with E-state index in [0.29, 0.717) is 62.1 Å². The summed E-state index contributed by atoms with van der Waals surface area (Å²) < 4.78 is 31.5. The minimum absolute atomic E-state index is 0.237. The molecular weight excluding hydrogens is 504 g/mol. The highest BCUT2D eigenvalue weighted by Gasteiger charge is 2.10. The number of hydrogen-bond acceptors (Lipinski definition) is 9. The Morgan fingerprint density at radius 3 is 1.67 bits per heavy atom. The molecule has 0 saturated heterocycles. The Hall–Kier alpha value is -4.21. The molecule has 3 aromatic rings. The maximum absolute atomic E-state index is 12.5. The molecule has 0 bridgehead atoms. The number of methoxy groups -OCH3 is 1. The van der Waals surface area contributed by atoms with Crippen molar-refractivity contribution in [2.24, 2.45) is 0 Å². The number of benzene rings is 3. The van der Waals surface area contributed by atoms with Gasteiger partial charge in [0.25, 0.3) is 0 Å². The smallest absolute Gasteiger partial charge is 0.343 e. The maximum Gasteiger partial charge on any atom is 0.343 e. The second-order valence-corrected chi connectivity index (χ2v) is 8.15. The zero-order chi connectivity index (χ0) is 27.9. The third kappa shape index (κ3) is 9.88. The largest absolute Gasteiger partial charge is 0.491 e. The predicted molar refractivity (Wildman–Crippen MR) is 143 cm³/mol. The van der Waals surface area contributed by atoms with Crippen LogP contribution in [0.5, 0.6) is 11.5 Å². The number of ether oxygens (including phenoxy) is 6. The second-order valence-electron chi connectivity index (χ2n) is 8.15. The van der Waals surface area contributed by atoms with Gasteiger partial charge in [-0.3, -0.25) is 4.79 Å². The molecule has 0 unspecified atom stereocenters. The average molecular weight is 537 g/mol. The summed E-state index contributed by atoms with van der Waals surface area (Å²) in [6.45, 7) is 3.83. The van der Waals surface area contributed by atoms with Gasteiger partial charge in [-0.15, -0.1) is 0 Å². The minimum Gasteiger partial charge on any atom is -0.491 e. The van der Waals surface area contributed by atoms with Gasteiger partial charge < -0.3 is 28.4 Å². The lowest BCUT2D eigenvalue weighted by Gasteiger charge is -2.09. The summed E-state index contributed by atoms with van der Waals surface area (Å²) in [5.74, 6) is -0.0970. The van der Waals surface area contributed by atoms with Gasteiger partial charge in [0, 0.05) is 6.42 Å². The first-order valence-corrected chi connectivity index (χ1v) is 12.5. The third-order valence-electron chi connectivity index (χ3n) is 5.44. The number of esters is 3. The molecule has 0 aliphatic carbocycles. The molecule has 0 N–H and O–H groups in total. The molecule has 9 heteroatoms. The first-order chi connectivity index (χ1) is 19.0. The summed E-state index contributed by atoms with van der Waals surface area (Å²) in [4.78, 5) is 35.1. The number of carbonyl (C=O) groups excluding carboxylic acids is 3. The van der Waals surface area contributed by atoms with Crippen LogP contribution < -0.4 is 9.47 Å². The second kappa shape index (κ2) is 15.9. The fourth-order valence-corrected chi connectivity index (χ4v) is 3.34. The van der Waals surface area contributed by atoms with Crippen molar-refractivity contribution in [3.05, 3.63) is 83.9 Å². The molecule has 9 nitrogen and oxygen atoms in total. The molecule has 0 spiro atoms. The Morgan fingerprint density at radius 2 is 1.08 bits per heavy atom. The molecule has 0 saturated carbocycles. The standard InChI is InChI=1S/C30H32O9/c1-3-28(31)38-21-19-36-17-16-35-18-20-37-26-12-10-25(11-13-26)30(33)39-27-14-8-23(9-15-27)22-4-6-24(7-5-22)29(32)34-2/h4-15H,3,16-21H2,1-2H3. The molecule has 0 radical (unpaired) electrons. The van der Waals surface area contributed by atoms with E-state index >= 15 is 0 Å². The normalized spacial score (nSPS) is 10.5. The molecule has 0 atom stereocenters. The van der Waals surface area contributed by atoms with Crippen LogP contribution in [-0.2, 0) is 23.7 Å². The van der Waals surface area contributed by atoms with E-state index in [2.05, 4.69) is 0 Å².